The average Bonchev–Trinajstić information content (AvgIpc) is 2.28. The Morgan fingerprint density at radius 3 is 2.53 bits per heavy atom. The third-order valence-electron chi connectivity index (χ3n) is 2.18. The predicted octanol–water partition coefficient (Wildman–Crippen LogP) is 4.91. The third kappa shape index (κ3) is 3.73. The van der Waals surface area contributed by atoms with Gasteiger partial charge in [-0.2, -0.15) is 0 Å². The van der Waals surface area contributed by atoms with Gasteiger partial charge in [0.05, 0.1) is 10.7 Å². The van der Waals surface area contributed by atoms with E-state index in [2.05, 4.69) is 9.72 Å². The Hall–Kier alpha value is -1.02. The summed E-state index contributed by atoms with van der Waals surface area (Å²) in [5.41, 5.74) is 0.447. The number of hydrogen-bond donors (Lipinski definition) is 0. The van der Waals surface area contributed by atoms with Crippen LogP contribution in [-0.2, 0) is 0 Å². The van der Waals surface area contributed by atoms with Crippen molar-refractivity contribution in [1.29, 1.82) is 0 Å². The highest BCUT2D eigenvalue weighted by molar-refractivity contribution is 14.1. The maximum Gasteiger partial charge on any atom is 0.573 e. The monoisotopic (exact) mass is 399 g/mol. The van der Waals surface area contributed by atoms with Crippen molar-refractivity contribution in [2.24, 2.45) is 0 Å². The molecule has 0 fully saturated rings. The number of para-hydroxylation sites is 1. The molecule has 0 aliphatic carbocycles. The van der Waals surface area contributed by atoms with Crippen molar-refractivity contribution in [3.8, 4) is 17.0 Å². The SMILES string of the molecule is FC(F)(F)Oc1ccccc1-c1ncc(I)cc1Cl. The molecule has 0 saturated carbocycles. The average molecular weight is 400 g/mol. The van der Waals surface area contributed by atoms with Crippen LogP contribution in [0.1, 0.15) is 0 Å². The second kappa shape index (κ2) is 5.54. The summed E-state index contributed by atoms with van der Waals surface area (Å²) in [7, 11) is 0. The summed E-state index contributed by atoms with van der Waals surface area (Å²) in [6, 6.07) is 7.36. The van der Waals surface area contributed by atoms with Gasteiger partial charge in [0.15, 0.2) is 0 Å². The van der Waals surface area contributed by atoms with Crippen LogP contribution in [0.3, 0.4) is 0 Å². The molecule has 100 valence electrons. The number of nitrogens with zero attached hydrogens (tertiary/aromatic N) is 1. The molecular weight excluding hydrogens is 393 g/mol. The van der Waals surface area contributed by atoms with E-state index in [1.807, 2.05) is 22.6 Å². The van der Waals surface area contributed by atoms with Gasteiger partial charge in [-0.25, -0.2) is 0 Å². The van der Waals surface area contributed by atoms with E-state index in [0.717, 1.165) is 3.57 Å². The van der Waals surface area contributed by atoms with Gasteiger partial charge in [-0.15, -0.1) is 13.2 Å². The number of pyridine rings is 1. The molecule has 0 aliphatic heterocycles. The molecule has 0 bridgehead atoms. The zero-order chi connectivity index (χ0) is 14.0. The van der Waals surface area contributed by atoms with Gasteiger partial charge in [0.2, 0.25) is 0 Å². The molecule has 0 saturated heterocycles. The van der Waals surface area contributed by atoms with Crippen molar-refractivity contribution in [3.63, 3.8) is 0 Å². The Bertz CT molecular complexity index is 604. The van der Waals surface area contributed by atoms with Gasteiger partial charge in [-0.05, 0) is 40.8 Å². The van der Waals surface area contributed by atoms with Crippen LogP contribution in [-0.4, -0.2) is 11.3 Å². The van der Waals surface area contributed by atoms with Crippen LogP contribution < -0.4 is 4.74 Å². The minimum atomic E-state index is -4.76. The second-order valence-corrected chi connectivity index (χ2v) is 5.18. The first-order chi connectivity index (χ1) is 8.87. The van der Waals surface area contributed by atoms with E-state index in [4.69, 9.17) is 11.6 Å². The molecule has 19 heavy (non-hydrogen) atoms. The quantitative estimate of drug-likeness (QED) is 0.670. The number of alkyl halides is 3. The maximum absolute atomic E-state index is 12.3. The fourth-order valence-electron chi connectivity index (χ4n) is 1.49. The molecule has 2 nitrogen and oxygen atoms in total. The number of benzene rings is 1. The van der Waals surface area contributed by atoms with Crippen molar-refractivity contribution in [2.45, 2.75) is 6.36 Å². The molecule has 2 aromatic rings. The molecule has 0 aliphatic rings. The minimum Gasteiger partial charge on any atom is -0.405 e. The number of rotatable bonds is 2. The Morgan fingerprint density at radius 1 is 1.21 bits per heavy atom. The number of hydrogen-bond acceptors (Lipinski definition) is 2. The minimum absolute atomic E-state index is 0.196. The molecule has 1 aromatic carbocycles. The molecule has 7 heteroatoms. The summed E-state index contributed by atoms with van der Waals surface area (Å²) >= 11 is 8.02. The van der Waals surface area contributed by atoms with Crippen LogP contribution in [0.25, 0.3) is 11.3 Å². The molecule has 0 radical (unpaired) electrons. The number of aromatic nitrogens is 1. The summed E-state index contributed by atoms with van der Waals surface area (Å²) in [5.74, 6) is -0.328. The predicted molar refractivity (Wildman–Crippen MR) is 74.1 cm³/mol. The van der Waals surface area contributed by atoms with E-state index < -0.39 is 6.36 Å². The lowest BCUT2D eigenvalue weighted by Crippen LogP contribution is -2.17. The van der Waals surface area contributed by atoms with Gasteiger partial charge in [0, 0.05) is 15.3 Å². The standard InChI is InChI=1S/C12H6ClF3INO/c13-9-5-7(17)6-18-11(9)8-3-1-2-4-10(8)19-12(14,15)16/h1-6H. The van der Waals surface area contributed by atoms with Crippen molar-refractivity contribution < 1.29 is 17.9 Å². The molecule has 0 spiro atoms. The highest BCUT2D eigenvalue weighted by atomic mass is 127. The topological polar surface area (TPSA) is 22.1 Å². The summed E-state index contributed by atoms with van der Waals surface area (Å²) in [4.78, 5) is 4.05. The Morgan fingerprint density at radius 2 is 1.89 bits per heavy atom. The van der Waals surface area contributed by atoms with Gasteiger partial charge >= 0.3 is 6.36 Å². The summed E-state index contributed by atoms with van der Waals surface area (Å²) in [5, 5.41) is 0.269. The number of halogens is 5. The zero-order valence-corrected chi connectivity index (χ0v) is 12.1. The third-order valence-corrected chi connectivity index (χ3v) is 3.05. The van der Waals surface area contributed by atoms with Gasteiger partial charge in [-0.1, -0.05) is 23.7 Å². The summed E-state index contributed by atoms with van der Waals surface area (Å²) < 4.78 is 41.7. The zero-order valence-electron chi connectivity index (χ0n) is 9.21. The lowest BCUT2D eigenvalue weighted by Gasteiger charge is -2.13. The Kier molecular flexibility index (Phi) is 4.19. The Labute approximate surface area is 125 Å². The van der Waals surface area contributed by atoms with E-state index in [0.29, 0.717) is 0 Å². The lowest BCUT2D eigenvalue weighted by molar-refractivity contribution is -0.274. The van der Waals surface area contributed by atoms with Crippen molar-refractivity contribution in [2.75, 3.05) is 0 Å². The molecular formula is C12H6ClF3INO. The van der Waals surface area contributed by atoms with Crippen LogP contribution in [0.5, 0.6) is 5.75 Å². The van der Waals surface area contributed by atoms with E-state index >= 15 is 0 Å². The Balaban J connectivity index is 2.50. The van der Waals surface area contributed by atoms with Gasteiger partial charge in [0.1, 0.15) is 5.75 Å². The largest absolute Gasteiger partial charge is 0.573 e. The smallest absolute Gasteiger partial charge is 0.405 e. The second-order valence-electron chi connectivity index (χ2n) is 3.53. The highest BCUT2D eigenvalue weighted by Gasteiger charge is 2.32. The summed E-state index contributed by atoms with van der Waals surface area (Å²) in [6.07, 6.45) is -3.24. The van der Waals surface area contributed by atoms with E-state index in [9.17, 15) is 13.2 Å². The van der Waals surface area contributed by atoms with Gasteiger partial charge < -0.3 is 4.74 Å². The first kappa shape index (κ1) is 14.4. The number of ether oxygens (including phenoxy) is 1. The van der Waals surface area contributed by atoms with Gasteiger partial charge in [-0.3, -0.25) is 4.98 Å². The van der Waals surface area contributed by atoms with Crippen LogP contribution in [0.4, 0.5) is 13.2 Å². The molecule has 2 rings (SSSR count). The van der Waals surface area contributed by atoms with Crippen molar-refractivity contribution in [3.05, 3.63) is 45.1 Å². The van der Waals surface area contributed by atoms with Crippen LogP contribution >= 0.6 is 34.2 Å². The lowest BCUT2D eigenvalue weighted by atomic mass is 10.1. The van der Waals surface area contributed by atoms with Gasteiger partial charge in [0.25, 0.3) is 0 Å². The molecule has 0 N–H and O–H groups in total. The maximum atomic E-state index is 12.3. The van der Waals surface area contributed by atoms with E-state index in [-0.39, 0.29) is 22.0 Å². The van der Waals surface area contributed by atoms with Crippen LogP contribution in [0.15, 0.2) is 36.5 Å². The van der Waals surface area contributed by atoms with E-state index in [1.54, 1.807) is 12.1 Å². The van der Waals surface area contributed by atoms with Crippen molar-refractivity contribution >= 4 is 34.2 Å². The highest BCUT2D eigenvalue weighted by Crippen LogP contribution is 2.36. The normalized spacial score (nSPS) is 11.4. The summed E-state index contributed by atoms with van der Waals surface area (Å²) in [6.45, 7) is 0. The van der Waals surface area contributed by atoms with Crippen LogP contribution in [0, 0.1) is 3.57 Å². The van der Waals surface area contributed by atoms with E-state index in [1.165, 1.54) is 24.4 Å². The first-order valence-corrected chi connectivity index (χ1v) is 6.49. The molecule has 1 heterocycles. The van der Waals surface area contributed by atoms with Crippen molar-refractivity contribution in [1.82, 2.24) is 4.98 Å². The molecule has 1 aromatic heterocycles. The van der Waals surface area contributed by atoms with Crippen LogP contribution in [0.2, 0.25) is 5.02 Å². The first-order valence-electron chi connectivity index (χ1n) is 5.03. The fraction of sp³-hybridized carbons (Fsp3) is 0.0833. The molecule has 0 unspecified atom stereocenters. The fourth-order valence-corrected chi connectivity index (χ4v) is 2.39. The molecule has 0 amide bonds. The molecule has 0 atom stereocenters.